The topological polar surface area (TPSA) is 97.1 Å². The number of aromatic nitrogens is 1. The van der Waals surface area contributed by atoms with Gasteiger partial charge in [-0.1, -0.05) is 18.2 Å². The second-order valence-corrected chi connectivity index (χ2v) is 9.32. The van der Waals surface area contributed by atoms with Gasteiger partial charge in [-0.05, 0) is 78.7 Å². The van der Waals surface area contributed by atoms with Gasteiger partial charge in [0.15, 0.2) is 0 Å². The molecule has 0 saturated carbocycles. The minimum absolute atomic E-state index is 0.00420. The van der Waals surface area contributed by atoms with Crippen LogP contribution in [0.25, 0.3) is 17.2 Å². The Morgan fingerprint density at radius 1 is 0.951 bits per heavy atom. The van der Waals surface area contributed by atoms with E-state index in [1.165, 1.54) is 36.7 Å². The lowest BCUT2D eigenvalue weighted by Gasteiger charge is -2.22. The molecular weight excluding hydrogens is 536 g/mol. The van der Waals surface area contributed by atoms with Gasteiger partial charge in [0, 0.05) is 35.0 Å². The molecule has 6 nitrogen and oxygen atoms in total. The maximum Gasteiger partial charge on any atom is 0.248 e. The fourth-order valence-corrected chi connectivity index (χ4v) is 4.42. The Morgan fingerprint density at radius 3 is 2.39 bits per heavy atom. The fourth-order valence-electron chi connectivity index (χ4n) is 4.42. The third kappa shape index (κ3) is 7.57. The van der Waals surface area contributed by atoms with Crippen LogP contribution in [-0.2, 0) is 11.2 Å². The standard InChI is InChI=1S/C31H26F4N4O2/c1-18-10-22(32)16-27(35)25(18)7-9-37-17-29(40)39-28(13-19-11-23(33)15-24(34)12-19)30-26(6-3-8-38-30)20-4-2-5-21(14-20)31(36)41/h2-12,14-16,28,37H,13,17H2,1H3,(H2,36,41)(H,39,40)/b9-7-/t28-/m0/s1. The van der Waals surface area contributed by atoms with Crippen LogP contribution in [0.2, 0.25) is 0 Å². The van der Waals surface area contributed by atoms with Gasteiger partial charge in [0.2, 0.25) is 11.8 Å². The maximum absolute atomic E-state index is 14.1. The zero-order chi connectivity index (χ0) is 29.5. The number of hydrogen-bond acceptors (Lipinski definition) is 4. The number of aryl methyl sites for hydroxylation is 1. The molecular formula is C31H26F4N4O2. The number of carbonyl (C=O) groups is 2. The number of rotatable bonds is 10. The second kappa shape index (κ2) is 12.9. The zero-order valence-corrected chi connectivity index (χ0v) is 21.9. The minimum Gasteiger partial charge on any atom is -0.382 e. The summed E-state index contributed by atoms with van der Waals surface area (Å²) in [6.45, 7) is 1.33. The third-order valence-corrected chi connectivity index (χ3v) is 6.26. The highest BCUT2D eigenvalue weighted by atomic mass is 19.1. The van der Waals surface area contributed by atoms with E-state index < -0.39 is 41.1 Å². The number of nitrogens with two attached hydrogens (primary N) is 1. The maximum atomic E-state index is 14.1. The molecule has 1 heterocycles. The third-order valence-electron chi connectivity index (χ3n) is 6.26. The average molecular weight is 563 g/mol. The number of amides is 2. The number of carbonyl (C=O) groups excluding carboxylic acids is 2. The summed E-state index contributed by atoms with van der Waals surface area (Å²) in [4.78, 5) is 29.2. The Morgan fingerprint density at radius 2 is 1.68 bits per heavy atom. The summed E-state index contributed by atoms with van der Waals surface area (Å²) in [7, 11) is 0. The van der Waals surface area contributed by atoms with Gasteiger partial charge in [-0.15, -0.1) is 0 Å². The van der Waals surface area contributed by atoms with E-state index in [0.717, 1.165) is 12.1 Å². The van der Waals surface area contributed by atoms with Crippen LogP contribution in [-0.4, -0.2) is 23.3 Å². The molecule has 210 valence electrons. The van der Waals surface area contributed by atoms with Gasteiger partial charge in [-0.2, -0.15) is 0 Å². The van der Waals surface area contributed by atoms with Crippen LogP contribution in [0.3, 0.4) is 0 Å². The lowest BCUT2D eigenvalue weighted by atomic mass is 9.94. The number of hydrogen-bond donors (Lipinski definition) is 3. The first-order chi connectivity index (χ1) is 19.6. The highest BCUT2D eigenvalue weighted by Crippen LogP contribution is 2.29. The van der Waals surface area contributed by atoms with E-state index in [1.54, 1.807) is 43.3 Å². The van der Waals surface area contributed by atoms with Crippen LogP contribution >= 0.6 is 0 Å². The van der Waals surface area contributed by atoms with Crippen molar-refractivity contribution in [3.8, 4) is 11.1 Å². The predicted octanol–water partition coefficient (Wildman–Crippen LogP) is 5.37. The molecule has 10 heteroatoms. The summed E-state index contributed by atoms with van der Waals surface area (Å²) < 4.78 is 55.4. The van der Waals surface area contributed by atoms with Crippen LogP contribution in [0.4, 0.5) is 17.6 Å². The number of benzene rings is 3. The molecule has 0 radical (unpaired) electrons. The molecule has 3 aromatic carbocycles. The molecule has 0 aliphatic rings. The summed E-state index contributed by atoms with van der Waals surface area (Å²) in [5.41, 5.74) is 8.12. The number of halogens is 4. The first-order valence-corrected chi connectivity index (χ1v) is 12.6. The fraction of sp³-hybridized carbons (Fsp3) is 0.129. The molecule has 41 heavy (non-hydrogen) atoms. The molecule has 0 fully saturated rings. The van der Waals surface area contributed by atoms with E-state index >= 15 is 0 Å². The zero-order valence-electron chi connectivity index (χ0n) is 21.9. The Balaban J connectivity index is 1.59. The molecule has 4 N–H and O–H groups in total. The van der Waals surface area contributed by atoms with Gasteiger partial charge < -0.3 is 16.4 Å². The molecule has 0 spiro atoms. The van der Waals surface area contributed by atoms with Gasteiger partial charge in [0.1, 0.15) is 23.3 Å². The van der Waals surface area contributed by atoms with Gasteiger partial charge >= 0.3 is 0 Å². The van der Waals surface area contributed by atoms with Crippen LogP contribution in [0.5, 0.6) is 0 Å². The summed E-state index contributed by atoms with van der Waals surface area (Å²) in [6.07, 6.45) is 4.26. The number of nitrogens with one attached hydrogen (secondary N) is 2. The normalized spacial score (nSPS) is 11.8. The van der Waals surface area contributed by atoms with Gasteiger partial charge in [-0.25, -0.2) is 17.6 Å². The van der Waals surface area contributed by atoms with Crippen LogP contribution in [0, 0.1) is 30.2 Å². The molecule has 4 aromatic rings. The van der Waals surface area contributed by atoms with E-state index in [9.17, 15) is 27.2 Å². The van der Waals surface area contributed by atoms with Crippen molar-refractivity contribution >= 4 is 17.9 Å². The first kappa shape index (κ1) is 29.0. The van der Waals surface area contributed by atoms with Crippen molar-refractivity contribution in [1.29, 1.82) is 0 Å². The smallest absolute Gasteiger partial charge is 0.248 e. The molecule has 1 aromatic heterocycles. The molecule has 0 saturated heterocycles. The van der Waals surface area contributed by atoms with Crippen LogP contribution in [0.1, 0.15) is 38.8 Å². The van der Waals surface area contributed by atoms with Crippen molar-refractivity contribution in [3.05, 3.63) is 130 Å². The van der Waals surface area contributed by atoms with E-state index in [-0.39, 0.29) is 29.7 Å². The van der Waals surface area contributed by atoms with Crippen molar-refractivity contribution in [3.63, 3.8) is 0 Å². The Kier molecular flexibility index (Phi) is 9.13. The Bertz CT molecular complexity index is 1580. The lowest BCUT2D eigenvalue weighted by Crippen LogP contribution is -2.36. The van der Waals surface area contributed by atoms with Crippen LogP contribution < -0.4 is 16.4 Å². The highest BCUT2D eigenvalue weighted by Gasteiger charge is 2.22. The summed E-state index contributed by atoms with van der Waals surface area (Å²) in [6, 6.07) is 14.2. The summed E-state index contributed by atoms with van der Waals surface area (Å²) in [5, 5.41) is 5.60. The van der Waals surface area contributed by atoms with Crippen molar-refractivity contribution in [1.82, 2.24) is 15.6 Å². The molecule has 4 rings (SSSR count). The van der Waals surface area contributed by atoms with E-state index in [2.05, 4.69) is 15.6 Å². The summed E-state index contributed by atoms with van der Waals surface area (Å²) in [5.74, 6) is -4.08. The lowest BCUT2D eigenvalue weighted by molar-refractivity contribution is -0.120. The monoisotopic (exact) mass is 562 g/mol. The first-order valence-electron chi connectivity index (χ1n) is 12.6. The quantitative estimate of drug-likeness (QED) is 0.226. The number of primary amides is 1. The van der Waals surface area contributed by atoms with E-state index in [1.807, 2.05) is 0 Å². The van der Waals surface area contributed by atoms with Crippen molar-refractivity contribution in [2.45, 2.75) is 19.4 Å². The van der Waals surface area contributed by atoms with Gasteiger partial charge in [-0.3, -0.25) is 14.6 Å². The number of nitrogens with zero attached hydrogens (tertiary/aromatic N) is 1. The highest BCUT2D eigenvalue weighted by molar-refractivity contribution is 5.94. The van der Waals surface area contributed by atoms with E-state index in [4.69, 9.17) is 5.73 Å². The molecule has 0 aliphatic heterocycles. The molecule has 2 amide bonds. The van der Waals surface area contributed by atoms with E-state index in [0.29, 0.717) is 22.4 Å². The average Bonchev–Trinajstić information content (AvgIpc) is 2.91. The SMILES string of the molecule is Cc1cc(F)cc(F)c1/C=C\NCC(=O)N[C@@H](Cc1cc(F)cc(F)c1)c1ncccc1-c1cccc(C(N)=O)c1. The molecule has 0 unspecified atom stereocenters. The molecule has 0 bridgehead atoms. The van der Waals surface area contributed by atoms with Crippen LogP contribution in [0.15, 0.2) is 79.1 Å². The minimum atomic E-state index is -0.834. The van der Waals surface area contributed by atoms with Crippen molar-refractivity contribution in [2.24, 2.45) is 5.73 Å². The molecule has 1 atom stereocenters. The Hall–Kier alpha value is -4.99. The predicted molar refractivity (Wildman–Crippen MR) is 147 cm³/mol. The largest absolute Gasteiger partial charge is 0.382 e. The summed E-state index contributed by atoms with van der Waals surface area (Å²) >= 11 is 0. The Labute approximate surface area is 233 Å². The molecule has 0 aliphatic carbocycles. The van der Waals surface area contributed by atoms with Gasteiger partial charge in [0.05, 0.1) is 18.3 Å². The van der Waals surface area contributed by atoms with Crippen molar-refractivity contribution in [2.75, 3.05) is 6.54 Å². The number of pyridine rings is 1. The van der Waals surface area contributed by atoms with Crippen molar-refractivity contribution < 1.29 is 27.2 Å². The second-order valence-electron chi connectivity index (χ2n) is 9.32. The van der Waals surface area contributed by atoms with Gasteiger partial charge in [0.25, 0.3) is 0 Å².